The van der Waals surface area contributed by atoms with Crippen LogP contribution in [0.3, 0.4) is 0 Å². The number of nitrogens with zero attached hydrogens (tertiary/aromatic N) is 3. The summed E-state index contributed by atoms with van der Waals surface area (Å²) >= 11 is 0. The van der Waals surface area contributed by atoms with E-state index in [4.69, 9.17) is 0 Å². The van der Waals surface area contributed by atoms with Crippen LogP contribution in [0.5, 0.6) is 0 Å². The van der Waals surface area contributed by atoms with Crippen molar-refractivity contribution in [2.75, 3.05) is 45.8 Å². The second-order valence-corrected chi connectivity index (χ2v) is 9.39. The normalized spacial score (nSPS) is 25.1. The van der Waals surface area contributed by atoms with Crippen LogP contribution in [0.4, 0.5) is 0 Å². The molecule has 0 aromatic carbocycles. The molecule has 0 N–H and O–H groups in total. The number of piperidine rings is 2. The highest BCUT2D eigenvalue weighted by molar-refractivity contribution is 5.83. The van der Waals surface area contributed by atoms with E-state index >= 15 is 0 Å². The van der Waals surface area contributed by atoms with Crippen LogP contribution >= 0.6 is 0 Å². The van der Waals surface area contributed by atoms with Gasteiger partial charge in [0.2, 0.25) is 5.91 Å². The Hall–Kier alpha value is -0.940. The predicted molar refractivity (Wildman–Crippen MR) is 113 cm³/mol. The SMILES string of the molecule is CC(=O)CCC(=O)N(CCN1CCCCC1)CC1CCCN(C2CCCC2)C1. The molecule has 0 spiro atoms. The van der Waals surface area contributed by atoms with E-state index in [0.29, 0.717) is 18.8 Å². The summed E-state index contributed by atoms with van der Waals surface area (Å²) in [6.45, 7) is 9.04. The van der Waals surface area contributed by atoms with E-state index < -0.39 is 0 Å². The molecule has 28 heavy (non-hydrogen) atoms. The number of hydrogen-bond acceptors (Lipinski definition) is 4. The molecule has 5 heteroatoms. The van der Waals surface area contributed by atoms with Gasteiger partial charge in [-0.15, -0.1) is 0 Å². The van der Waals surface area contributed by atoms with Gasteiger partial charge in [0.25, 0.3) is 0 Å². The highest BCUT2D eigenvalue weighted by Gasteiger charge is 2.29. The lowest BCUT2D eigenvalue weighted by molar-refractivity contribution is -0.134. The Morgan fingerprint density at radius 1 is 0.893 bits per heavy atom. The van der Waals surface area contributed by atoms with Gasteiger partial charge < -0.3 is 19.5 Å². The number of carbonyl (C=O) groups excluding carboxylic acids is 2. The van der Waals surface area contributed by atoms with Gasteiger partial charge in [-0.3, -0.25) is 4.79 Å². The van der Waals surface area contributed by atoms with E-state index in [9.17, 15) is 9.59 Å². The molecule has 3 fully saturated rings. The third-order valence-corrected chi connectivity index (χ3v) is 7.05. The van der Waals surface area contributed by atoms with E-state index in [2.05, 4.69) is 14.7 Å². The molecule has 3 rings (SSSR count). The minimum absolute atomic E-state index is 0.120. The van der Waals surface area contributed by atoms with Crippen molar-refractivity contribution in [3.05, 3.63) is 0 Å². The van der Waals surface area contributed by atoms with Gasteiger partial charge in [-0.1, -0.05) is 19.3 Å². The molecule has 0 aromatic heterocycles. The fourth-order valence-corrected chi connectivity index (χ4v) is 5.36. The van der Waals surface area contributed by atoms with Gasteiger partial charge in [-0.2, -0.15) is 0 Å². The van der Waals surface area contributed by atoms with Crippen LogP contribution in [0.1, 0.15) is 77.6 Å². The van der Waals surface area contributed by atoms with Crippen molar-refractivity contribution in [2.45, 2.75) is 83.6 Å². The first-order valence-electron chi connectivity index (χ1n) is 11.9. The third-order valence-electron chi connectivity index (χ3n) is 7.05. The maximum Gasteiger partial charge on any atom is 0.223 e. The van der Waals surface area contributed by atoms with E-state index in [1.807, 2.05) is 0 Å². The molecule has 2 saturated heterocycles. The molecule has 2 heterocycles. The topological polar surface area (TPSA) is 43.9 Å². The zero-order valence-electron chi connectivity index (χ0n) is 18.0. The first kappa shape index (κ1) is 21.8. The summed E-state index contributed by atoms with van der Waals surface area (Å²) in [5.74, 6) is 0.900. The van der Waals surface area contributed by atoms with Gasteiger partial charge in [-0.05, 0) is 71.0 Å². The Morgan fingerprint density at radius 3 is 2.36 bits per heavy atom. The monoisotopic (exact) mass is 391 g/mol. The number of ketones is 1. The largest absolute Gasteiger partial charge is 0.341 e. The lowest BCUT2D eigenvalue weighted by Crippen LogP contribution is -2.47. The van der Waals surface area contributed by atoms with Crippen molar-refractivity contribution in [3.63, 3.8) is 0 Å². The summed E-state index contributed by atoms with van der Waals surface area (Å²) < 4.78 is 0. The van der Waals surface area contributed by atoms with Crippen LogP contribution in [-0.2, 0) is 9.59 Å². The highest BCUT2D eigenvalue weighted by atomic mass is 16.2. The lowest BCUT2D eigenvalue weighted by Gasteiger charge is -2.39. The summed E-state index contributed by atoms with van der Waals surface area (Å²) in [6, 6.07) is 0.790. The summed E-state index contributed by atoms with van der Waals surface area (Å²) in [6.07, 6.45) is 12.7. The Morgan fingerprint density at radius 2 is 1.64 bits per heavy atom. The van der Waals surface area contributed by atoms with Gasteiger partial charge in [0.05, 0.1) is 0 Å². The number of likely N-dealkylation sites (tertiary alicyclic amines) is 2. The molecule has 1 unspecified atom stereocenters. The molecule has 1 amide bonds. The Balaban J connectivity index is 1.53. The van der Waals surface area contributed by atoms with Crippen LogP contribution in [0.2, 0.25) is 0 Å². The minimum atomic E-state index is 0.120. The predicted octanol–water partition coefficient (Wildman–Crippen LogP) is 3.32. The number of rotatable bonds is 9. The fourth-order valence-electron chi connectivity index (χ4n) is 5.36. The van der Waals surface area contributed by atoms with Gasteiger partial charge in [0, 0.05) is 45.1 Å². The molecule has 2 aliphatic heterocycles. The highest BCUT2D eigenvalue weighted by Crippen LogP contribution is 2.28. The molecular formula is C23H41N3O2. The van der Waals surface area contributed by atoms with Crippen molar-refractivity contribution in [1.29, 1.82) is 0 Å². The molecular weight excluding hydrogens is 350 g/mol. The molecule has 160 valence electrons. The van der Waals surface area contributed by atoms with Crippen molar-refractivity contribution < 1.29 is 9.59 Å². The summed E-state index contributed by atoms with van der Waals surface area (Å²) in [5.41, 5.74) is 0. The quantitative estimate of drug-likeness (QED) is 0.605. The average Bonchev–Trinajstić information content (AvgIpc) is 3.25. The van der Waals surface area contributed by atoms with Crippen LogP contribution in [0, 0.1) is 5.92 Å². The fraction of sp³-hybridized carbons (Fsp3) is 0.913. The van der Waals surface area contributed by atoms with Crippen LogP contribution in [0.25, 0.3) is 0 Å². The average molecular weight is 392 g/mol. The number of amides is 1. The van der Waals surface area contributed by atoms with Gasteiger partial charge in [0.15, 0.2) is 0 Å². The molecule has 0 bridgehead atoms. The van der Waals surface area contributed by atoms with E-state index in [1.54, 1.807) is 6.92 Å². The molecule has 5 nitrogen and oxygen atoms in total. The molecule has 3 aliphatic rings. The first-order chi connectivity index (χ1) is 13.6. The smallest absolute Gasteiger partial charge is 0.223 e. The molecule has 0 aromatic rings. The standard InChI is InChI=1S/C23H41N3O2/c1-20(27)11-12-23(28)26(17-16-24-13-5-2-6-14-24)19-21-8-7-15-25(18-21)22-9-3-4-10-22/h21-22H,2-19H2,1H3. The Bertz CT molecular complexity index is 498. The van der Waals surface area contributed by atoms with E-state index in [0.717, 1.165) is 32.2 Å². The Labute approximate surface area is 171 Å². The number of carbonyl (C=O) groups is 2. The maximum absolute atomic E-state index is 12.9. The molecule has 0 radical (unpaired) electrons. The van der Waals surface area contributed by atoms with Crippen LogP contribution < -0.4 is 0 Å². The van der Waals surface area contributed by atoms with Crippen molar-refractivity contribution in [2.24, 2.45) is 5.92 Å². The number of Topliss-reactive ketones (excluding diaryl/α,β-unsaturated/α-hetero) is 1. The van der Waals surface area contributed by atoms with Crippen LogP contribution in [0.15, 0.2) is 0 Å². The molecule has 1 aliphatic carbocycles. The zero-order chi connectivity index (χ0) is 19.8. The first-order valence-corrected chi connectivity index (χ1v) is 11.9. The molecule has 1 atom stereocenters. The Kier molecular flexibility index (Phi) is 8.78. The van der Waals surface area contributed by atoms with E-state index in [1.165, 1.54) is 77.4 Å². The zero-order valence-corrected chi connectivity index (χ0v) is 18.0. The number of hydrogen-bond donors (Lipinski definition) is 0. The summed E-state index contributed by atoms with van der Waals surface area (Å²) in [5, 5.41) is 0. The summed E-state index contributed by atoms with van der Waals surface area (Å²) in [4.78, 5) is 31.6. The van der Waals surface area contributed by atoms with Gasteiger partial charge in [-0.25, -0.2) is 0 Å². The van der Waals surface area contributed by atoms with Crippen molar-refractivity contribution in [1.82, 2.24) is 14.7 Å². The van der Waals surface area contributed by atoms with Crippen LogP contribution in [-0.4, -0.2) is 78.2 Å². The minimum Gasteiger partial charge on any atom is -0.341 e. The lowest BCUT2D eigenvalue weighted by atomic mass is 9.95. The second-order valence-electron chi connectivity index (χ2n) is 9.39. The van der Waals surface area contributed by atoms with E-state index in [-0.39, 0.29) is 11.7 Å². The molecule has 1 saturated carbocycles. The van der Waals surface area contributed by atoms with Crippen molar-refractivity contribution in [3.8, 4) is 0 Å². The third kappa shape index (κ3) is 6.84. The maximum atomic E-state index is 12.9. The van der Waals surface area contributed by atoms with Gasteiger partial charge in [0.1, 0.15) is 5.78 Å². The van der Waals surface area contributed by atoms with Gasteiger partial charge >= 0.3 is 0 Å². The second kappa shape index (κ2) is 11.3. The van der Waals surface area contributed by atoms with Crippen molar-refractivity contribution >= 4 is 11.7 Å². The summed E-state index contributed by atoms with van der Waals surface area (Å²) in [7, 11) is 0.